The Morgan fingerprint density at radius 3 is 2.27 bits per heavy atom. The standard InChI is InChI=1S/C20H18ClF3N4O4S/c1-11(2)12-8-9-15(25-10-12)33(29,30)28-18-16(17(21)26-19(27-18)20(22,23)24)32-14-7-5-4-6-13(14)31-3/h4-11H,1-3H3,(H,26,27,28). The fourth-order valence-electron chi connectivity index (χ4n) is 2.59. The van der Waals surface area contributed by atoms with Gasteiger partial charge in [0.2, 0.25) is 11.6 Å². The van der Waals surface area contributed by atoms with Gasteiger partial charge in [-0.25, -0.2) is 15.0 Å². The Bertz CT molecular complexity index is 1250. The van der Waals surface area contributed by atoms with Crippen molar-refractivity contribution in [3.05, 3.63) is 59.1 Å². The molecule has 3 aromatic rings. The second-order valence-electron chi connectivity index (χ2n) is 6.96. The number of hydrogen-bond acceptors (Lipinski definition) is 7. The number of rotatable bonds is 7. The summed E-state index contributed by atoms with van der Waals surface area (Å²) in [7, 11) is -3.10. The summed E-state index contributed by atoms with van der Waals surface area (Å²) >= 11 is 5.95. The summed E-state index contributed by atoms with van der Waals surface area (Å²) in [6, 6.07) is 8.95. The first-order valence-corrected chi connectivity index (χ1v) is 11.2. The van der Waals surface area contributed by atoms with E-state index in [1.54, 1.807) is 18.2 Å². The number of aromatic nitrogens is 3. The van der Waals surface area contributed by atoms with Crippen LogP contribution in [0.25, 0.3) is 0 Å². The SMILES string of the molecule is COc1ccccc1Oc1c(Cl)nc(C(F)(F)F)nc1NS(=O)(=O)c1ccc(C(C)C)cn1. The highest BCUT2D eigenvalue weighted by atomic mass is 35.5. The number of sulfonamides is 1. The van der Waals surface area contributed by atoms with Gasteiger partial charge < -0.3 is 9.47 Å². The Labute approximate surface area is 192 Å². The van der Waals surface area contributed by atoms with Crippen LogP contribution in [-0.2, 0) is 16.2 Å². The van der Waals surface area contributed by atoms with E-state index in [4.69, 9.17) is 21.1 Å². The predicted octanol–water partition coefficient (Wildman–Crippen LogP) is 5.27. The normalized spacial score (nSPS) is 12.0. The van der Waals surface area contributed by atoms with E-state index in [1.807, 2.05) is 18.6 Å². The molecule has 176 valence electrons. The average Bonchev–Trinajstić information content (AvgIpc) is 2.75. The topological polar surface area (TPSA) is 103 Å². The molecule has 1 aromatic carbocycles. The maximum absolute atomic E-state index is 13.3. The number of nitrogens with one attached hydrogen (secondary N) is 1. The molecule has 33 heavy (non-hydrogen) atoms. The smallest absolute Gasteiger partial charge is 0.451 e. The molecule has 2 aromatic heterocycles. The Morgan fingerprint density at radius 2 is 1.73 bits per heavy atom. The van der Waals surface area contributed by atoms with Gasteiger partial charge in [-0.3, -0.25) is 4.72 Å². The molecule has 0 unspecified atom stereocenters. The Morgan fingerprint density at radius 1 is 1.06 bits per heavy atom. The molecule has 1 N–H and O–H groups in total. The number of halogens is 4. The highest BCUT2D eigenvalue weighted by Crippen LogP contribution is 2.40. The van der Waals surface area contributed by atoms with E-state index < -0.39 is 43.8 Å². The molecule has 2 heterocycles. The van der Waals surface area contributed by atoms with Gasteiger partial charge in [0, 0.05) is 6.20 Å². The number of hydrogen-bond donors (Lipinski definition) is 1. The largest absolute Gasteiger partial charge is 0.493 e. The number of ether oxygens (including phenoxy) is 2. The molecule has 0 aliphatic heterocycles. The van der Waals surface area contributed by atoms with Crippen molar-refractivity contribution in [3.63, 3.8) is 0 Å². The van der Waals surface area contributed by atoms with Gasteiger partial charge in [0.25, 0.3) is 10.0 Å². The fourth-order valence-corrected chi connectivity index (χ4v) is 3.74. The molecular formula is C20H18ClF3N4O4S. The summed E-state index contributed by atoms with van der Waals surface area (Å²) in [6.07, 6.45) is -3.64. The first-order valence-electron chi connectivity index (χ1n) is 9.36. The number of methoxy groups -OCH3 is 1. The third kappa shape index (κ3) is 5.63. The summed E-state index contributed by atoms with van der Waals surface area (Å²) in [5, 5.41) is -1.19. The van der Waals surface area contributed by atoms with Crippen LogP contribution in [0, 0.1) is 0 Å². The molecule has 8 nitrogen and oxygen atoms in total. The third-order valence-electron chi connectivity index (χ3n) is 4.29. The molecule has 0 saturated carbocycles. The number of pyridine rings is 1. The Kier molecular flexibility index (Phi) is 6.98. The summed E-state index contributed by atoms with van der Waals surface area (Å²) in [5.74, 6) is -2.66. The zero-order valence-electron chi connectivity index (χ0n) is 17.5. The lowest BCUT2D eigenvalue weighted by Crippen LogP contribution is -2.19. The zero-order valence-corrected chi connectivity index (χ0v) is 19.1. The number of para-hydroxylation sites is 2. The van der Waals surface area contributed by atoms with Crippen LogP contribution >= 0.6 is 11.6 Å². The molecule has 0 bridgehead atoms. The van der Waals surface area contributed by atoms with Gasteiger partial charge in [-0.15, -0.1) is 0 Å². The summed E-state index contributed by atoms with van der Waals surface area (Å²) in [6.45, 7) is 3.79. The minimum Gasteiger partial charge on any atom is -0.493 e. The van der Waals surface area contributed by atoms with E-state index in [0.717, 1.165) is 5.56 Å². The van der Waals surface area contributed by atoms with Crippen molar-refractivity contribution in [2.24, 2.45) is 0 Å². The van der Waals surface area contributed by atoms with Crippen LogP contribution in [0.15, 0.2) is 47.6 Å². The van der Waals surface area contributed by atoms with E-state index in [0.29, 0.717) is 0 Å². The van der Waals surface area contributed by atoms with Crippen LogP contribution in [-0.4, -0.2) is 30.5 Å². The van der Waals surface area contributed by atoms with Crippen molar-refractivity contribution in [1.29, 1.82) is 0 Å². The molecule has 0 aliphatic rings. The third-order valence-corrected chi connectivity index (χ3v) is 5.80. The van der Waals surface area contributed by atoms with Gasteiger partial charge in [0.05, 0.1) is 7.11 Å². The van der Waals surface area contributed by atoms with E-state index in [-0.39, 0.29) is 17.4 Å². The molecule has 13 heteroatoms. The summed E-state index contributed by atoms with van der Waals surface area (Å²) < 4.78 is 78.2. The van der Waals surface area contributed by atoms with Crippen molar-refractivity contribution in [3.8, 4) is 17.2 Å². The van der Waals surface area contributed by atoms with Gasteiger partial charge in [-0.2, -0.15) is 21.6 Å². The van der Waals surface area contributed by atoms with Crippen molar-refractivity contribution in [1.82, 2.24) is 15.0 Å². The molecule has 0 aliphatic carbocycles. The lowest BCUT2D eigenvalue weighted by Gasteiger charge is -2.16. The second kappa shape index (κ2) is 9.40. The monoisotopic (exact) mass is 502 g/mol. The van der Waals surface area contributed by atoms with E-state index >= 15 is 0 Å². The quantitative estimate of drug-likeness (QED) is 0.439. The van der Waals surface area contributed by atoms with Crippen LogP contribution in [0.1, 0.15) is 31.2 Å². The minimum absolute atomic E-state index is 0.0464. The number of benzene rings is 1. The maximum atomic E-state index is 13.3. The summed E-state index contributed by atoms with van der Waals surface area (Å²) in [5.41, 5.74) is 0.776. The van der Waals surface area contributed by atoms with Gasteiger partial charge >= 0.3 is 6.18 Å². The lowest BCUT2D eigenvalue weighted by molar-refractivity contribution is -0.144. The first kappa shape index (κ1) is 24.5. The molecule has 0 atom stereocenters. The zero-order chi connectivity index (χ0) is 24.4. The molecule has 0 radical (unpaired) electrons. The first-order chi connectivity index (χ1) is 15.4. The van der Waals surface area contributed by atoms with Crippen molar-refractivity contribution >= 4 is 27.4 Å². The van der Waals surface area contributed by atoms with Gasteiger partial charge in [-0.1, -0.05) is 43.6 Å². The summed E-state index contributed by atoms with van der Waals surface area (Å²) in [4.78, 5) is 10.4. The number of anilines is 1. The van der Waals surface area contributed by atoms with E-state index in [9.17, 15) is 21.6 Å². The lowest BCUT2D eigenvalue weighted by atomic mass is 10.1. The average molecular weight is 503 g/mol. The number of alkyl halides is 3. The fraction of sp³-hybridized carbons (Fsp3) is 0.250. The molecule has 0 amide bonds. The van der Waals surface area contributed by atoms with Crippen LogP contribution in [0.5, 0.6) is 17.2 Å². The van der Waals surface area contributed by atoms with Crippen LogP contribution in [0.2, 0.25) is 5.15 Å². The Hall–Kier alpha value is -3.12. The molecule has 0 fully saturated rings. The second-order valence-corrected chi connectivity index (χ2v) is 8.94. The van der Waals surface area contributed by atoms with E-state index in [2.05, 4.69) is 15.0 Å². The van der Waals surface area contributed by atoms with Crippen LogP contribution in [0.4, 0.5) is 19.0 Å². The highest BCUT2D eigenvalue weighted by molar-refractivity contribution is 7.92. The molecule has 0 saturated heterocycles. The van der Waals surface area contributed by atoms with Gasteiger partial charge in [0.1, 0.15) is 0 Å². The van der Waals surface area contributed by atoms with Crippen LogP contribution in [0.3, 0.4) is 0 Å². The predicted molar refractivity (Wildman–Crippen MR) is 114 cm³/mol. The Balaban J connectivity index is 2.08. The molecule has 0 spiro atoms. The molecular weight excluding hydrogens is 485 g/mol. The van der Waals surface area contributed by atoms with Gasteiger partial charge in [0.15, 0.2) is 27.5 Å². The number of nitrogens with zero attached hydrogens (tertiary/aromatic N) is 3. The van der Waals surface area contributed by atoms with Gasteiger partial charge in [-0.05, 0) is 29.7 Å². The minimum atomic E-state index is -5.00. The molecule has 3 rings (SSSR count). The van der Waals surface area contributed by atoms with Crippen molar-refractivity contribution < 1.29 is 31.1 Å². The van der Waals surface area contributed by atoms with Crippen LogP contribution < -0.4 is 14.2 Å². The van der Waals surface area contributed by atoms with Crippen molar-refractivity contribution in [2.45, 2.75) is 31.0 Å². The maximum Gasteiger partial charge on any atom is 0.451 e. The van der Waals surface area contributed by atoms with Crippen molar-refractivity contribution in [2.75, 3.05) is 11.8 Å². The van der Waals surface area contributed by atoms with E-state index in [1.165, 1.54) is 31.5 Å². The highest BCUT2D eigenvalue weighted by Gasteiger charge is 2.37.